The summed E-state index contributed by atoms with van der Waals surface area (Å²) in [5.74, 6) is 0.786. The van der Waals surface area contributed by atoms with Crippen molar-refractivity contribution < 1.29 is 23.9 Å². The lowest BCUT2D eigenvalue weighted by molar-refractivity contribution is 0.0131. The van der Waals surface area contributed by atoms with Crippen molar-refractivity contribution in [3.8, 4) is 17.0 Å². The number of anilines is 1. The Balaban J connectivity index is 1.13. The highest BCUT2D eigenvalue weighted by Crippen LogP contribution is 2.46. The molecule has 2 aliphatic carbocycles. The van der Waals surface area contributed by atoms with E-state index in [9.17, 15) is 9.90 Å². The zero-order valence-electron chi connectivity index (χ0n) is 23.7. The predicted molar refractivity (Wildman–Crippen MR) is 166 cm³/mol. The van der Waals surface area contributed by atoms with Gasteiger partial charge in [0.05, 0.1) is 39.1 Å². The molecule has 11 heteroatoms. The van der Waals surface area contributed by atoms with E-state index in [1.165, 1.54) is 11.3 Å². The first-order chi connectivity index (χ1) is 20.2. The molecule has 0 amide bonds. The molecule has 0 spiro atoms. The van der Waals surface area contributed by atoms with Gasteiger partial charge in [0.25, 0.3) is 0 Å². The average Bonchev–Trinajstić information content (AvgIpc) is 3.57. The van der Waals surface area contributed by atoms with Crippen LogP contribution < -0.4 is 9.64 Å². The molecule has 2 fully saturated rings. The van der Waals surface area contributed by atoms with Crippen LogP contribution in [0, 0.1) is 0 Å². The molecule has 0 atom stereocenters. The molecule has 8 nitrogen and oxygen atoms in total. The van der Waals surface area contributed by atoms with E-state index >= 15 is 0 Å². The molecule has 0 saturated heterocycles. The van der Waals surface area contributed by atoms with Gasteiger partial charge in [0, 0.05) is 30.1 Å². The van der Waals surface area contributed by atoms with Crippen molar-refractivity contribution in [3.63, 3.8) is 0 Å². The highest BCUT2D eigenvalue weighted by atomic mass is 35.5. The van der Waals surface area contributed by atoms with E-state index in [-0.39, 0.29) is 17.8 Å². The normalized spacial score (nSPS) is 19.0. The van der Waals surface area contributed by atoms with Gasteiger partial charge >= 0.3 is 5.97 Å². The molecule has 2 aliphatic rings. The van der Waals surface area contributed by atoms with Gasteiger partial charge < -0.3 is 24.0 Å². The van der Waals surface area contributed by atoms with Crippen molar-refractivity contribution in [3.05, 3.63) is 57.3 Å². The molecule has 0 bridgehead atoms. The van der Waals surface area contributed by atoms with Crippen LogP contribution in [0.4, 0.5) is 5.13 Å². The van der Waals surface area contributed by atoms with Gasteiger partial charge in [-0.3, -0.25) is 0 Å². The monoisotopic (exact) mass is 629 g/mol. The smallest absolute Gasteiger partial charge is 0.335 e. The highest BCUT2D eigenvalue weighted by molar-refractivity contribution is 7.22. The minimum absolute atomic E-state index is 0.0914. The summed E-state index contributed by atoms with van der Waals surface area (Å²) in [6.07, 6.45) is 5.93. The lowest BCUT2D eigenvalue weighted by Crippen LogP contribution is -2.37. The van der Waals surface area contributed by atoms with Crippen LogP contribution in [0.2, 0.25) is 10.0 Å². The highest BCUT2D eigenvalue weighted by Gasteiger charge is 2.34. The summed E-state index contributed by atoms with van der Waals surface area (Å²) in [5.41, 5.74) is 3.21. The van der Waals surface area contributed by atoms with Gasteiger partial charge in [0.15, 0.2) is 5.13 Å². The number of thiazole rings is 1. The van der Waals surface area contributed by atoms with Crippen LogP contribution in [0.3, 0.4) is 0 Å². The van der Waals surface area contributed by atoms with E-state index in [0.29, 0.717) is 51.1 Å². The van der Waals surface area contributed by atoms with Crippen molar-refractivity contribution in [1.29, 1.82) is 0 Å². The lowest BCUT2D eigenvalue weighted by Gasteiger charge is -2.34. The number of halogens is 2. The van der Waals surface area contributed by atoms with Crippen LogP contribution in [0.25, 0.3) is 21.5 Å². The van der Waals surface area contributed by atoms with Crippen molar-refractivity contribution >= 4 is 55.9 Å². The summed E-state index contributed by atoms with van der Waals surface area (Å²) >= 11 is 14.5. The van der Waals surface area contributed by atoms with Crippen molar-refractivity contribution in [2.75, 3.05) is 11.9 Å². The van der Waals surface area contributed by atoms with Gasteiger partial charge in [0.1, 0.15) is 22.7 Å². The summed E-state index contributed by atoms with van der Waals surface area (Å²) in [5, 5.41) is 15.9. The van der Waals surface area contributed by atoms with Gasteiger partial charge in [-0.05, 0) is 76.6 Å². The van der Waals surface area contributed by atoms with Gasteiger partial charge in [0.2, 0.25) is 0 Å². The quantitative estimate of drug-likeness (QED) is 0.186. The van der Waals surface area contributed by atoms with Crippen LogP contribution >= 0.6 is 34.5 Å². The molecule has 6 rings (SSSR count). The number of nitrogens with zero attached hydrogens (tertiary/aromatic N) is 3. The summed E-state index contributed by atoms with van der Waals surface area (Å²) in [6, 6.07) is 8.98. The first kappa shape index (κ1) is 29.2. The van der Waals surface area contributed by atoms with Gasteiger partial charge in [-0.1, -0.05) is 45.8 Å². The molecule has 222 valence electrons. The van der Waals surface area contributed by atoms with Gasteiger partial charge in [-0.15, -0.1) is 0 Å². The van der Waals surface area contributed by atoms with E-state index in [0.717, 1.165) is 59.7 Å². The fourth-order valence-electron chi connectivity index (χ4n) is 5.61. The van der Waals surface area contributed by atoms with E-state index in [2.05, 4.69) is 17.1 Å². The number of hydrogen-bond donors (Lipinski definition) is 1. The molecule has 0 unspecified atom stereocenters. The Hall–Kier alpha value is -2.85. The van der Waals surface area contributed by atoms with Crippen LogP contribution in [0.1, 0.15) is 80.0 Å². The number of carboxylic acid groups (broad SMARTS) is 1. The van der Waals surface area contributed by atoms with Crippen LogP contribution in [-0.2, 0) is 11.3 Å². The topological polar surface area (TPSA) is 97.9 Å². The molecule has 0 aliphatic heterocycles. The molecule has 2 aromatic carbocycles. The molecular weight excluding hydrogens is 597 g/mol. The van der Waals surface area contributed by atoms with Crippen molar-refractivity contribution in [2.45, 2.75) is 83.1 Å². The molecule has 2 aromatic heterocycles. The second-order valence-electron chi connectivity index (χ2n) is 11.4. The maximum Gasteiger partial charge on any atom is 0.335 e. The number of ether oxygens (including phenoxy) is 2. The Labute approximate surface area is 258 Å². The van der Waals surface area contributed by atoms with Crippen molar-refractivity contribution in [1.82, 2.24) is 10.1 Å². The van der Waals surface area contributed by atoms with Crippen LogP contribution in [0.15, 0.2) is 34.9 Å². The predicted octanol–water partition coefficient (Wildman–Crippen LogP) is 8.59. The Morgan fingerprint density at radius 1 is 1.14 bits per heavy atom. The maximum absolute atomic E-state index is 11.7. The number of aromatic carboxylic acids is 1. The number of carboxylic acids is 1. The molecule has 1 N–H and O–H groups in total. The standard InChI is InChI=1S/C31H33Cl2N3O5S/c1-16(2)40-24-13-18(30(37)38)14-25-28(24)34-31(42-25)36(3)19-9-11-20(12-10-19)39-15-21-27(35-41-29(21)17-7-8-17)26-22(32)5-4-6-23(26)33/h4-6,13-14,16-17,19-20H,7-12,15H2,1-3H3,(H,37,38)/t19-,20-. The van der Waals surface area contributed by atoms with Gasteiger partial charge in [-0.2, -0.15) is 0 Å². The Morgan fingerprint density at radius 2 is 1.86 bits per heavy atom. The first-order valence-electron chi connectivity index (χ1n) is 14.3. The van der Waals surface area contributed by atoms with E-state index < -0.39 is 5.97 Å². The largest absolute Gasteiger partial charge is 0.489 e. The minimum atomic E-state index is -0.982. The second kappa shape index (κ2) is 12.0. The fraction of sp³-hybridized carbons (Fsp3) is 0.452. The first-order valence-corrected chi connectivity index (χ1v) is 15.9. The number of carbonyl (C=O) groups is 1. The van der Waals surface area contributed by atoms with E-state index in [4.69, 9.17) is 42.2 Å². The second-order valence-corrected chi connectivity index (χ2v) is 13.2. The third-order valence-corrected chi connectivity index (χ3v) is 9.70. The third kappa shape index (κ3) is 5.97. The zero-order valence-corrected chi connectivity index (χ0v) is 26.1. The molecular formula is C31H33Cl2N3O5S. The Bertz CT molecular complexity index is 1590. The van der Waals surface area contributed by atoms with Crippen LogP contribution in [0.5, 0.6) is 5.75 Å². The number of fused-ring (bicyclic) bond motifs is 1. The van der Waals surface area contributed by atoms with Crippen LogP contribution in [-0.4, -0.2) is 46.5 Å². The molecule has 42 heavy (non-hydrogen) atoms. The SMILES string of the molecule is CC(C)Oc1cc(C(=O)O)cc2sc(N(C)[C@H]3CC[C@H](OCc4c(-c5c(Cl)cccc5Cl)noc4C4CC4)CC3)nc12. The number of hydrogen-bond acceptors (Lipinski definition) is 8. The number of benzene rings is 2. The summed E-state index contributed by atoms with van der Waals surface area (Å²) in [4.78, 5) is 18.8. The number of rotatable bonds is 10. The fourth-order valence-corrected chi connectivity index (χ4v) is 7.24. The summed E-state index contributed by atoms with van der Waals surface area (Å²) in [7, 11) is 2.06. The Kier molecular flexibility index (Phi) is 8.37. The maximum atomic E-state index is 11.7. The third-order valence-electron chi connectivity index (χ3n) is 7.98. The summed E-state index contributed by atoms with van der Waals surface area (Å²) < 4.78 is 19.0. The van der Waals surface area contributed by atoms with E-state index in [1.54, 1.807) is 12.1 Å². The molecule has 2 heterocycles. The number of aromatic nitrogens is 2. The lowest BCUT2D eigenvalue weighted by atomic mass is 9.92. The van der Waals surface area contributed by atoms with E-state index in [1.807, 2.05) is 32.0 Å². The molecule has 0 radical (unpaired) electrons. The minimum Gasteiger partial charge on any atom is -0.489 e. The Morgan fingerprint density at radius 3 is 2.50 bits per heavy atom. The van der Waals surface area contributed by atoms with Gasteiger partial charge in [-0.25, -0.2) is 9.78 Å². The molecule has 2 saturated carbocycles. The van der Waals surface area contributed by atoms with Crippen molar-refractivity contribution in [2.24, 2.45) is 0 Å². The summed E-state index contributed by atoms with van der Waals surface area (Å²) in [6.45, 7) is 4.24. The molecule has 4 aromatic rings. The average molecular weight is 631 g/mol. The zero-order chi connectivity index (χ0) is 29.5.